The van der Waals surface area contributed by atoms with Gasteiger partial charge < -0.3 is 10.1 Å². The lowest BCUT2D eigenvalue weighted by Gasteiger charge is -2.25. The van der Waals surface area contributed by atoms with Crippen LogP contribution in [0.25, 0.3) is 0 Å². The second-order valence-corrected chi connectivity index (χ2v) is 6.91. The summed E-state index contributed by atoms with van der Waals surface area (Å²) in [5, 5.41) is 2.87. The van der Waals surface area contributed by atoms with Crippen LogP contribution in [-0.4, -0.2) is 12.5 Å². The summed E-state index contributed by atoms with van der Waals surface area (Å²) >= 11 is 3.81. The van der Waals surface area contributed by atoms with Gasteiger partial charge in [-0.1, -0.05) is 54.1 Å². The van der Waals surface area contributed by atoms with Gasteiger partial charge in [0, 0.05) is 4.83 Å². The Morgan fingerprint density at radius 1 is 1.30 bits per heavy atom. The monoisotopic (exact) mass is 337 g/mol. The van der Waals surface area contributed by atoms with E-state index >= 15 is 0 Å². The molecule has 1 aliphatic carbocycles. The van der Waals surface area contributed by atoms with Crippen molar-refractivity contribution >= 4 is 27.5 Å². The van der Waals surface area contributed by atoms with Gasteiger partial charge in [0.15, 0.2) is 6.61 Å². The van der Waals surface area contributed by atoms with Gasteiger partial charge in [0.25, 0.3) is 5.91 Å². The Labute approximate surface area is 128 Å². The van der Waals surface area contributed by atoms with Crippen molar-refractivity contribution in [3.63, 3.8) is 0 Å². The first kappa shape index (κ1) is 13.9. The van der Waals surface area contributed by atoms with Crippen molar-refractivity contribution in [1.82, 2.24) is 0 Å². The second-order valence-electron chi connectivity index (χ2n) is 5.80. The van der Waals surface area contributed by atoms with Crippen LogP contribution < -0.4 is 10.1 Å². The number of nitrogens with one attached hydrogen (secondary N) is 1. The van der Waals surface area contributed by atoms with Crippen molar-refractivity contribution in [1.29, 1.82) is 0 Å². The molecule has 1 saturated carbocycles. The lowest BCUT2D eigenvalue weighted by Crippen LogP contribution is -2.25. The van der Waals surface area contributed by atoms with E-state index in [2.05, 4.69) is 27.3 Å². The van der Waals surface area contributed by atoms with E-state index in [1.54, 1.807) is 0 Å². The zero-order chi connectivity index (χ0) is 13.9. The summed E-state index contributed by atoms with van der Waals surface area (Å²) in [6.45, 7) is 0.117. The van der Waals surface area contributed by atoms with Crippen molar-refractivity contribution in [2.24, 2.45) is 5.92 Å². The van der Waals surface area contributed by atoms with E-state index in [1.807, 2.05) is 12.1 Å². The number of carbonyl (C=O) groups excluding carboxylic acids is 1. The predicted octanol–water partition coefficient (Wildman–Crippen LogP) is 4.42. The van der Waals surface area contributed by atoms with Gasteiger partial charge in [-0.15, -0.1) is 0 Å². The molecule has 3 rings (SSSR count). The predicted molar refractivity (Wildman–Crippen MR) is 83.4 cm³/mol. The Hall–Kier alpha value is -1.03. The molecule has 0 bridgehead atoms. The lowest BCUT2D eigenvalue weighted by atomic mass is 9.85. The van der Waals surface area contributed by atoms with E-state index in [9.17, 15) is 4.79 Å². The maximum absolute atomic E-state index is 11.4. The summed E-state index contributed by atoms with van der Waals surface area (Å²) in [5.41, 5.74) is 2.02. The van der Waals surface area contributed by atoms with Crippen molar-refractivity contribution in [3.05, 3.63) is 23.8 Å². The number of rotatable bonds is 3. The molecule has 1 N–H and O–H groups in total. The van der Waals surface area contributed by atoms with E-state index < -0.39 is 0 Å². The van der Waals surface area contributed by atoms with E-state index in [0.29, 0.717) is 4.83 Å². The van der Waals surface area contributed by atoms with E-state index in [4.69, 9.17) is 4.74 Å². The standard InChI is InChI=1S/C16H20BrNO2/c17-13(8-11-4-2-1-3-5-11)12-6-7-15-14(9-12)18-16(19)10-20-15/h6-7,9,11,13H,1-5,8,10H2,(H,18,19). The number of carbonyl (C=O) groups is 1. The van der Waals surface area contributed by atoms with E-state index in [1.165, 1.54) is 44.1 Å². The number of halogens is 1. The number of fused-ring (bicyclic) bond motifs is 1. The minimum absolute atomic E-state index is 0.0759. The van der Waals surface area contributed by atoms with Crippen molar-refractivity contribution in [2.45, 2.75) is 43.4 Å². The zero-order valence-electron chi connectivity index (χ0n) is 11.5. The number of benzene rings is 1. The van der Waals surface area contributed by atoms with Gasteiger partial charge in [-0.25, -0.2) is 0 Å². The first-order valence-electron chi connectivity index (χ1n) is 7.43. The summed E-state index contributed by atoms with van der Waals surface area (Å²) in [6, 6.07) is 6.09. The summed E-state index contributed by atoms with van der Waals surface area (Å²) in [4.78, 5) is 11.7. The molecule has 1 aromatic carbocycles. The number of amides is 1. The highest BCUT2D eigenvalue weighted by atomic mass is 79.9. The zero-order valence-corrected chi connectivity index (χ0v) is 13.1. The van der Waals surface area contributed by atoms with Gasteiger partial charge in [-0.2, -0.15) is 0 Å². The highest BCUT2D eigenvalue weighted by Crippen LogP contribution is 2.39. The van der Waals surface area contributed by atoms with Crippen LogP contribution in [0.1, 0.15) is 48.9 Å². The molecule has 1 heterocycles. The molecular formula is C16H20BrNO2. The summed E-state index contributed by atoms with van der Waals surface area (Å²) in [7, 11) is 0. The van der Waals surface area contributed by atoms with Gasteiger partial charge in [-0.05, 0) is 30.0 Å². The van der Waals surface area contributed by atoms with Gasteiger partial charge in [0.05, 0.1) is 5.69 Å². The molecule has 1 aromatic rings. The quantitative estimate of drug-likeness (QED) is 0.829. The second kappa shape index (κ2) is 6.17. The highest BCUT2D eigenvalue weighted by molar-refractivity contribution is 9.09. The minimum Gasteiger partial charge on any atom is -0.482 e. The van der Waals surface area contributed by atoms with E-state index in [-0.39, 0.29) is 12.5 Å². The molecule has 1 atom stereocenters. The number of alkyl halides is 1. The van der Waals surface area contributed by atoms with Crippen LogP contribution in [0.4, 0.5) is 5.69 Å². The minimum atomic E-state index is -0.0759. The molecular weight excluding hydrogens is 318 g/mol. The average molecular weight is 338 g/mol. The smallest absolute Gasteiger partial charge is 0.262 e. The number of ether oxygens (including phenoxy) is 1. The third-order valence-corrected chi connectivity index (χ3v) is 5.17. The SMILES string of the molecule is O=C1COc2ccc(C(Br)CC3CCCCC3)cc2N1. The fourth-order valence-electron chi connectivity index (χ4n) is 3.15. The Kier molecular flexibility index (Phi) is 4.29. The number of anilines is 1. The molecule has 1 fully saturated rings. The topological polar surface area (TPSA) is 38.3 Å². The van der Waals surface area contributed by atoms with Crippen molar-refractivity contribution in [3.8, 4) is 5.75 Å². The fraction of sp³-hybridized carbons (Fsp3) is 0.562. The maximum Gasteiger partial charge on any atom is 0.262 e. The van der Waals surface area contributed by atoms with Gasteiger partial charge in [-0.3, -0.25) is 4.79 Å². The maximum atomic E-state index is 11.4. The highest BCUT2D eigenvalue weighted by Gasteiger charge is 2.21. The molecule has 3 nitrogen and oxygen atoms in total. The normalized spacial score (nSPS) is 20.8. The van der Waals surface area contributed by atoms with Crippen LogP contribution in [0.2, 0.25) is 0 Å². The van der Waals surface area contributed by atoms with Crippen LogP contribution in [0.5, 0.6) is 5.75 Å². The molecule has 108 valence electrons. The summed E-state index contributed by atoms with van der Waals surface area (Å²) < 4.78 is 5.39. The largest absolute Gasteiger partial charge is 0.482 e. The van der Waals surface area contributed by atoms with Gasteiger partial charge in [0.2, 0.25) is 0 Å². The van der Waals surface area contributed by atoms with E-state index in [0.717, 1.165) is 17.4 Å². The molecule has 1 aliphatic heterocycles. The molecule has 1 unspecified atom stereocenters. The Morgan fingerprint density at radius 3 is 2.90 bits per heavy atom. The van der Waals surface area contributed by atoms with Crippen LogP contribution in [-0.2, 0) is 4.79 Å². The summed E-state index contributed by atoms with van der Waals surface area (Å²) in [6.07, 6.45) is 8.02. The number of hydrogen-bond donors (Lipinski definition) is 1. The third kappa shape index (κ3) is 3.17. The van der Waals surface area contributed by atoms with Crippen molar-refractivity contribution < 1.29 is 9.53 Å². The van der Waals surface area contributed by atoms with Gasteiger partial charge in [0.1, 0.15) is 5.75 Å². The Bertz CT molecular complexity index is 497. The molecule has 0 aromatic heterocycles. The molecule has 2 aliphatic rings. The fourth-order valence-corrected chi connectivity index (χ4v) is 3.96. The van der Waals surface area contributed by atoms with Crippen LogP contribution in [0.3, 0.4) is 0 Å². The Balaban J connectivity index is 1.69. The third-order valence-electron chi connectivity index (χ3n) is 4.26. The van der Waals surface area contributed by atoms with Crippen LogP contribution in [0, 0.1) is 5.92 Å². The molecule has 0 spiro atoms. The van der Waals surface area contributed by atoms with Crippen LogP contribution >= 0.6 is 15.9 Å². The Morgan fingerprint density at radius 2 is 2.10 bits per heavy atom. The van der Waals surface area contributed by atoms with Crippen molar-refractivity contribution in [2.75, 3.05) is 11.9 Å². The average Bonchev–Trinajstić information content (AvgIpc) is 2.47. The summed E-state index contributed by atoms with van der Waals surface area (Å²) in [5.74, 6) is 1.52. The molecule has 20 heavy (non-hydrogen) atoms. The molecule has 0 saturated heterocycles. The molecule has 1 amide bonds. The first-order valence-corrected chi connectivity index (χ1v) is 8.34. The number of hydrogen-bond acceptors (Lipinski definition) is 2. The van der Waals surface area contributed by atoms with Crippen LogP contribution in [0.15, 0.2) is 18.2 Å². The first-order chi connectivity index (χ1) is 9.72. The molecule has 0 radical (unpaired) electrons. The lowest BCUT2D eigenvalue weighted by molar-refractivity contribution is -0.118. The van der Waals surface area contributed by atoms with Gasteiger partial charge >= 0.3 is 0 Å². The molecule has 4 heteroatoms.